The molecular weight excluding hydrogens is 523 g/mol. The third kappa shape index (κ3) is 6.82. The van der Waals surface area contributed by atoms with Crippen LogP contribution in [0.15, 0.2) is 36.4 Å². The summed E-state index contributed by atoms with van der Waals surface area (Å²) < 4.78 is 53.8. The third-order valence-corrected chi connectivity index (χ3v) is 5.58. The van der Waals surface area contributed by atoms with Crippen molar-refractivity contribution in [3.05, 3.63) is 52.5 Å². The van der Waals surface area contributed by atoms with Gasteiger partial charge >= 0.3 is 12.1 Å². The van der Waals surface area contributed by atoms with E-state index in [2.05, 4.69) is 10.7 Å². The van der Waals surface area contributed by atoms with Crippen LogP contribution in [0.25, 0.3) is 0 Å². The number of rotatable bonds is 8. The van der Waals surface area contributed by atoms with Crippen LogP contribution in [-0.4, -0.2) is 56.1 Å². The van der Waals surface area contributed by atoms with Gasteiger partial charge in [0.15, 0.2) is 18.1 Å². The lowest BCUT2D eigenvalue weighted by Crippen LogP contribution is -2.43. The number of carbonyl (C=O) groups excluding carboxylic acids is 4. The Hall–Kier alpha value is -4.00. The quantitative estimate of drug-likeness (QED) is 0.491. The Labute approximate surface area is 213 Å². The smallest absolute Gasteiger partial charge is 0.416 e. The average molecular weight is 544 g/mol. The Bertz CT molecular complexity index is 1220. The van der Waals surface area contributed by atoms with E-state index >= 15 is 0 Å². The van der Waals surface area contributed by atoms with Crippen molar-refractivity contribution in [2.24, 2.45) is 5.92 Å². The first-order chi connectivity index (χ1) is 17.4. The molecule has 1 heterocycles. The Morgan fingerprint density at radius 2 is 1.78 bits per heavy atom. The molecule has 1 aliphatic rings. The van der Waals surface area contributed by atoms with Crippen LogP contribution in [0.4, 0.5) is 18.9 Å². The molecule has 1 aliphatic heterocycles. The number of carbonyl (C=O) groups is 4. The molecule has 1 saturated heterocycles. The number of hydrogen-bond donors (Lipinski definition) is 2. The second-order valence-corrected chi connectivity index (χ2v) is 8.17. The number of alkyl halides is 3. The molecule has 0 aromatic heterocycles. The molecule has 2 aromatic rings. The lowest BCUT2D eigenvalue weighted by Gasteiger charge is -2.18. The third-order valence-electron chi connectivity index (χ3n) is 5.25. The first-order valence-corrected chi connectivity index (χ1v) is 11.0. The first kappa shape index (κ1) is 27.6. The molecule has 2 N–H and O–H groups in total. The van der Waals surface area contributed by atoms with Gasteiger partial charge in [0, 0.05) is 12.0 Å². The molecule has 0 radical (unpaired) electrons. The Balaban J connectivity index is 1.54. The molecule has 0 bridgehead atoms. The van der Waals surface area contributed by atoms with Gasteiger partial charge in [-0.2, -0.15) is 13.2 Å². The van der Waals surface area contributed by atoms with Gasteiger partial charge in [0.25, 0.3) is 11.8 Å². The van der Waals surface area contributed by atoms with E-state index in [4.69, 9.17) is 25.8 Å². The number of esters is 1. The van der Waals surface area contributed by atoms with Crippen LogP contribution in [-0.2, 0) is 25.3 Å². The van der Waals surface area contributed by atoms with Crippen LogP contribution < -0.4 is 20.2 Å². The zero-order chi connectivity index (χ0) is 27.3. The highest BCUT2D eigenvalue weighted by molar-refractivity contribution is 6.33. The SMILES string of the molecule is COc1ccc(C(=O)NN2C[C@@H](C(=O)OCC(=O)Nc3cc(C(F)(F)F)ccc3Cl)CC2=O)cc1OC. The summed E-state index contributed by atoms with van der Waals surface area (Å²) >= 11 is 5.83. The number of halogens is 4. The van der Waals surface area contributed by atoms with Crippen LogP contribution in [0.2, 0.25) is 5.02 Å². The number of amides is 3. The maximum Gasteiger partial charge on any atom is 0.416 e. The molecular formula is C23H21ClF3N3O7. The van der Waals surface area contributed by atoms with Crippen molar-refractivity contribution in [3.63, 3.8) is 0 Å². The standard InChI is InChI=1S/C23H21ClF3N3O7/c1-35-17-6-3-12(7-18(17)36-2)21(33)29-30-10-13(8-20(30)32)22(34)37-11-19(31)28-16-9-14(23(25,26)27)4-5-15(16)24/h3-7,9,13H,8,10-11H2,1-2H3,(H,28,31)(H,29,33)/t13-/m0/s1. The van der Waals surface area contributed by atoms with Gasteiger partial charge in [0.2, 0.25) is 5.91 Å². The van der Waals surface area contributed by atoms with E-state index in [9.17, 15) is 32.3 Å². The monoisotopic (exact) mass is 543 g/mol. The molecule has 2 aromatic carbocycles. The van der Waals surface area contributed by atoms with Gasteiger partial charge in [-0.25, -0.2) is 0 Å². The van der Waals surface area contributed by atoms with Crippen molar-refractivity contribution >= 4 is 41.0 Å². The maximum absolute atomic E-state index is 12.9. The van der Waals surface area contributed by atoms with Gasteiger partial charge < -0.3 is 19.5 Å². The lowest BCUT2D eigenvalue weighted by molar-refractivity contribution is -0.151. The van der Waals surface area contributed by atoms with E-state index in [-0.39, 0.29) is 29.2 Å². The van der Waals surface area contributed by atoms with E-state index in [1.807, 2.05) is 0 Å². The minimum atomic E-state index is -4.65. The van der Waals surface area contributed by atoms with Gasteiger partial charge in [-0.15, -0.1) is 0 Å². The summed E-state index contributed by atoms with van der Waals surface area (Å²) in [6.07, 6.45) is -4.93. The molecule has 3 rings (SSSR count). The summed E-state index contributed by atoms with van der Waals surface area (Å²) in [4.78, 5) is 49.3. The van der Waals surface area contributed by atoms with Gasteiger partial charge in [-0.3, -0.25) is 29.6 Å². The summed E-state index contributed by atoms with van der Waals surface area (Å²) in [6.45, 7) is -1.04. The Morgan fingerprint density at radius 3 is 2.43 bits per heavy atom. The number of benzene rings is 2. The number of nitrogens with zero attached hydrogens (tertiary/aromatic N) is 1. The van der Waals surface area contributed by atoms with Crippen molar-refractivity contribution in [2.75, 3.05) is 32.7 Å². The molecule has 10 nitrogen and oxygen atoms in total. The van der Waals surface area contributed by atoms with Gasteiger partial charge in [0.05, 0.1) is 43.0 Å². The van der Waals surface area contributed by atoms with Gasteiger partial charge in [-0.05, 0) is 36.4 Å². The normalized spacial score (nSPS) is 15.2. The molecule has 0 aliphatic carbocycles. The van der Waals surface area contributed by atoms with Crippen LogP contribution in [0.3, 0.4) is 0 Å². The first-order valence-electron chi connectivity index (χ1n) is 10.6. The zero-order valence-electron chi connectivity index (χ0n) is 19.5. The minimum absolute atomic E-state index is 0.144. The highest BCUT2D eigenvalue weighted by Crippen LogP contribution is 2.34. The number of anilines is 1. The van der Waals surface area contributed by atoms with Crippen LogP contribution >= 0.6 is 11.6 Å². The number of hydrazine groups is 1. The molecule has 198 valence electrons. The van der Waals surface area contributed by atoms with Gasteiger partial charge in [-0.1, -0.05) is 11.6 Å². The summed E-state index contributed by atoms with van der Waals surface area (Å²) in [6, 6.07) is 6.76. The van der Waals surface area contributed by atoms with Crippen LogP contribution in [0.1, 0.15) is 22.3 Å². The molecule has 0 saturated carbocycles. The second-order valence-electron chi connectivity index (χ2n) is 7.76. The van der Waals surface area contributed by atoms with Gasteiger partial charge in [0.1, 0.15) is 0 Å². The average Bonchev–Trinajstić information content (AvgIpc) is 3.22. The number of methoxy groups -OCH3 is 2. The fourth-order valence-electron chi connectivity index (χ4n) is 3.38. The highest BCUT2D eigenvalue weighted by atomic mass is 35.5. The topological polar surface area (TPSA) is 123 Å². The van der Waals surface area contributed by atoms with Crippen LogP contribution in [0, 0.1) is 5.92 Å². The van der Waals surface area contributed by atoms with E-state index in [0.29, 0.717) is 17.6 Å². The maximum atomic E-state index is 12.9. The van der Waals surface area contributed by atoms with E-state index < -0.39 is 48.0 Å². The van der Waals surface area contributed by atoms with E-state index in [1.54, 1.807) is 0 Å². The number of nitrogens with one attached hydrogen (secondary N) is 2. The molecule has 14 heteroatoms. The highest BCUT2D eigenvalue weighted by Gasteiger charge is 2.37. The summed E-state index contributed by atoms with van der Waals surface area (Å²) in [5.41, 5.74) is 1.23. The van der Waals surface area contributed by atoms with Crippen molar-refractivity contribution in [1.29, 1.82) is 0 Å². The Morgan fingerprint density at radius 1 is 1.08 bits per heavy atom. The van der Waals surface area contributed by atoms with Crippen molar-refractivity contribution in [2.45, 2.75) is 12.6 Å². The fraction of sp³-hybridized carbons (Fsp3) is 0.304. The Kier molecular flexibility index (Phi) is 8.48. The van der Waals surface area contributed by atoms with Crippen LogP contribution in [0.5, 0.6) is 11.5 Å². The predicted octanol–water partition coefficient (Wildman–Crippen LogP) is 3.05. The van der Waals surface area contributed by atoms with E-state index in [1.165, 1.54) is 32.4 Å². The predicted molar refractivity (Wildman–Crippen MR) is 123 cm³/mol. The summed E-state index contributed by atoms with van der Waals surface area (Å²) in [5, 5.41) is 2.95. The van der Waals surface area contributed by atoms with Crippen molar-refractivity contribution in [1.82, 2.24) is 10.4 Å². The minimum Gasteiger partial charge on any atom is -0.493 e. The fourth-order valence-corrected chi connectivity index (χ4v) is 3.54. The van der Waals surface area contributed by atoms with E-state index in [0.717, 1.165) is 17.1 Å². The number of hydrogen-bond acceptors (Lipinski definition) is 7. The molecule has 1 atom stereocenters. The molecule has 1 fully saturated rings. The number of ether oxygens (including phenoxy) is 3. The lowest BCUT2D eigenvalue weighted by atomic mass is 10.1. The zero-order valence-corrected chi connectivity index (χ0v) is 20.2. The molecule has 0 spiro atoms. The van der Waals surface area contributed by atoms with Crippen molar-refractivity contribution in [3.8, 4) is 11.5 Å². The summed E-state index contributed by atoms with van der Waals surface area (Å²) in [5.74, 6) is -3.31. The van der Waals surface area contributed by atoms with Crippen molar-refractivity contribution < 1.29 is 46.6 Å². The summed E-state index contributed by atoms with van der Waals surface area (Å²) in [7, 11) is 2.83. The second kappa shape index (κ2) is 11.4. The molecule has 37 heavy (non-hydrogen) atoms. The largest absolute Gasteiger partial charge is 0.493 e. The molecule has 3 amide bonds. The molecule has 0 unspecified atom stereocenters.